The van der Waals surface area contributed by atoms with Crippen LogP contribution in [-0.2, 0) is 46.2 Å². The zero-order valence-corrected chi connectivity index (χ0v) is 58.0. The van der Waals surface area contributed by atoms with E-state index in [1.165, 1.54) is 159 Å². The first-order chi connectivity index (χ1) is 45.9. The Bertz CT molecular complexity index is 4580. The summed E-state index contributed by atoms with van der Waals surface area (Å²) in [5.41, 5.74) is 22.9. The van der Waals surface area contributed by atoms with Crippen LogP contribution in [0.4, 0.5) is 0 Å². The smallest absolute Gasteiger partial charge is 0.325 e. The summed E-state index contributed by atoms with van der Waals surface area (Å²) >= 11 is 0. The van der Waals surface area contributed by atoms with Crippen molar-refractivity contribution < 1.29 is 42.8 Å². The van der Waals surface area contributed by atoms with Gasteiger partial charge in [0.1, 0.15) is 17.0 Å². The molecule has 1 saturated carbocycles. The molecule has 7 aromatic rings. The van der Waals surface area contributed by atoms with Gasteiger partial charge in [0.15, 0.2) is 16.9 Å². The summed E-state index contributed by atoms with van der Waals surface area (Å²) in [7, 11) is 0. The van der Waals surface area contributed by atoms with Gasteiger partial charge < -0.3 is 28.4 Å². The number of fused-ring (bicyclic) bond motifs is 9. The number of esters is 2. The van der Waals surface area contributed by atoms with Crippen LogP contribution in [0, 0.1) is 25.2 Å². The molecule has 6 atom stereocenters. The van der Waals surface area contributed by atoms with Crippen LogP contribution in [-0.4, -0.2) is 56.0 Å². The summed E-state index contributed by atoms with van der Waals surface area (Å²) in [6, 6.07) is 16.6. The number of carbonyl (C=O) groups is 3. The van der Waals surface area contributed by atoms with Gasteiger partial charge >= 0.3 is 11.9 Å². The van der Waals surface area contributed by atoms with Crippen molar-refractivity contribution in [3.63, 3.8) is 0 Å². The molecule has 0 amide bonds. The van der Waals surface area contributed by atoms with E-state index in [9.17, 15) is 14.4 Å². The fraction of sp³-hybridized carbons (Fsp3) is 0.477. The van der Waals surface area contributed by atoms with Gasteiger partial charge in [0.2, 0.25) is 0 Å². The maximum absolute atomic E-state index is 14.6. The van der Waals surface area contributed by atoms with Crippen LogP contribution < -0.4 is 9.47 Å². The minimum absolute atomic E-state index is 0.171. The van der Waals surface area contributed by atoms with Crippen molar-refractivity contribution in [1.29, 1.82) is 0 Å². The van der Waals surface area contributed by atoms with E-state index in [0.29, 0.717) is 38.1 Å². The Morgan fingerprint density at radius 1 is 0.516 bits per heavy atom. The van der Waals surface area contributed by atoms with E-state index in [1.807, 2.05) is 41.5 Å². The van der Waals surface area contributed by atoms with Gasteiger partial charge in [-0.2, -0.15) is 0 Å². The molecule has 0 radical (unpaired) electrons. The summed E-state index contributed by atoms with van der Waals surface area (Å²) in [4.78, 5) is 39.7. The summed E-state index contributed by atoms with van der Waals surface area (Å²) in [5.74, 6) is 2.47. The zero-order valence-electron chi connectivity index (χ0n) is 58.0. The number of allylic oxidation sites excluding steroid dienone is 6. The van der Waals surface area contributed by atoms with Crippen LogP contribution >= 0.6 is 0 Å². The van der Waals surface area contributed by atoms with Crippen molar-refractivity contribution in [2.24, 2.45) is 11.3 Å². The summed E-state index contributed by atoms with van der Waals surface area (Å²) in [6.45, 7) is 25.7. The Kier molecular flexibility index (Phi) is 15.2. The predicted octanol–water partition coefficient (Wildman–Crippen LogP) is 20.9. The van der Waals surface area contributed by atoms with Crippen LogP contribution in [0.25, 0.3) is 77.0 Å². The molecule has 0 spiro atoms. The van der Waals surface area contributed by atoms with Gasteiger partial charge in [-0.1, -0.05) is 133 Å². The zero-order chi connectivity index (χ0) is 65.7. The third-order valence-electron chi connectivity index (χ3n) is 23.0. The van der Waals surface area contributed by atoms with E-state index >= 15 is 0 Å². The number of benzene rings is 7. The first-order valence-electron chi connectivity index (χ1n) is 36.5. The van der Waals surface area contributed by atoms with E-state index in [0.717, 1.165) is 112 Å². The van der Waals surface area contributed by atoms with Crippen molar-refractivity contribution >= 4 is 73.1 Å². The van der Waals surface area contributed by atoms with Crippen LogP contribution in [0.15, 0.2) is 78.1 Å². The molecular formula is C86H94O9. The average molecular weight is 1270 g/mol. The lowest BCUT2D eigenvalue weighted by molar-refractivity contribution is -0.177. The molecule has 0 bridgehead atoms. The monoisotopic (exact) mass is 1270 g/mol. The SMILES string of the molecule is CC(C)(C)OC(=O)C1(C(=O)OC(C)(C)C)[C@@H]2c3cc4c5c6c7c8c9c%10c(cc%11c9c9c(cc(c%12c9c8c5c3-%12)[C@@H]21)C%11)C=C[C@@H](C=C6C4)[C@H]%107.CCCCCOC1=CC2c3cc(OCCCCC)c(OCCCCC)cc3-c3cc(C)c(C)cc3C2C=C1CCCCCCCOC=O. The van der Waals surface area contributed by atoms with Gasteiger partial charge in [0.05, 0.1) is 26.4 Å². The number of aryl methyl sites for hydroxylation is 2. The third-order valence-corrected chi connectivity index (χ3v) is 23.0. The number of rotatable bonds is 26. The average Bonchev–Trinajstić information content (AvgIpc) is 1.45. The molecule has 0 N–H and O–H groups in total. The van der Waals surface area contributed by atoms with Crippen LogP contribution in [0.5, 0.6) is 11.5 Å². The normalized spacial score (nSPS) is 20.8. The van der Waals surface area contributed by atoms with Gasteiger partial charge in [-0.05, 0) is 274 Å². The van der Waals surface area contributed by atoms with E-state index in [4.69, 9.17) is 28.4 Å². The molecule has 9 heteroatoms. The number of hydrogen-bond acceptors (Lipinski definition) is 9. The van der Waals surface area contributed by atoms with Crippen molar-refractivity contribution in [2.75, 3.05) is 26.4 Å². The summed E-state index contributed by atoms with van der Waals surface area (Å²) < 4.78 is 36.8. The minimum Gasteiger partial charge on any atom is -0.494 e. The van der Waals surface area contributed by atoms with Gasteiger partial charge in [-0.3, -0.25) is 14.4 Å². The van der Waals surface area contributed by atoms with E-state index < -0.39 is 28.6 Å². The molecule has 7 aromatic carbocycles. The number of ether oxygens (including phenoxy) is 6. The topological polar surface area (TPSA) is 107 Å². The second kappa shape index (κ2) is 23.3. The number of unbranched alkanes of at least 4 members (excludes halogenated alkanes) is 10. The minimum atomic E-state index is -1.42. The van der Waals surface area contributed by atoms with E-state index in [2.05, 4.69) is 107 Å². The highest BCUT2D eigenvalue weighted by molar-refractivity contribution is 6.46. The molecule has 0 aliphatic heterocycles. The van der Waals surface area contributed by atoms with Gasteiger partial charge in [-0.15, -0.1) is 0 Å². The van der Waals surface area contributed by atoms with Crippen LogP contribution in [0.2, 0.25) is 0 Å². The fourth-order valence-corrected chi connectivity index (χ4v) is 19.0. The molecular weight excluding hydrogens is 1180 g/mol. The molecule has 95 heavy (non-hydrogen) atoms. The molecule has 0 saturated heterocycles. The highest BCUT2D eigenvalue weighted by Gasteiger charge is 2.80. The van der Waals surface area contributed by atoms with Crippen molar-refractivity contribution in [3.8, 4) is 33.8 Å². The maximum Gasteiger partial charge on any atom is 0.325 e. The largest absolute Gasteiger partial charge is 0.494 e. The van der Waals surface area contributed by atoms with Gasteiger partial charge in [0, 0.05) is 35.5 Å². The maximum atomic E-state index is 14.6. The van der Waals surface area contributed by atoms with E-state index in [1.54, 1.807) is 11.1 Å². The summed E-state index contributed by atoms with van der Waals surface area (Å²) in [5, 5.41) is 11.6. The first kappa shape index (κ1) is 62.2. The molecule has 17 rings (SSSR count). The van der Waals surface area contributed by atoms with Gasteiger partial charge in [-0.25, -0.2) is 0 Å². The van der Waals surface area contributed by atoms with Gasteiger partial charge in [0.25, 0.3) is 6.47 Å². The Balaban J connectivity index is 0.000000150. The fourth-order valence-electron chi connectivity index (χ4n) is 19.0. The summed E-state index contributed by atoms with van der Waals surface area (Å²) in [6.07, 6.45) is 30.8. The van der Waals surface area contributed by atoms with Crippen molar-refractivity contribution in [1.82, 2.24) is 0 Å². The molecule has 492 valence electrons. The Hall–Kier alpha value is -7.65. The Morgan fingerprint density at radius 2 is 1.06 bits per heavy atom. The molecule has 0 aromatic heterocycles. The molecule has 2 unspecified atom stereocenters. The molecule has 1 fully saturated rings. The lowest BCUT2D eigenvalue weighted by atomic mass is 9.68. The quantitative estimate of drug-likeness (QED) is 0.0131. The first-order valence-corrected chi connectivity index (χ1v) is 36.5. The Morgan fingerprint density at radius 3 is 1.73 bits per heavy atom. The molecule has 0 heterocycles. The van der Waals surface area contributed by atoms with E-state index in [-0.39, 0.29) is 23.7 Å². The van der Waals surface area contributed by atoms with Crippen LogP contribution in [0.1, 0.15) is 261 Å². The Labute approximate surface area is 561 Å². The van der Waals surface area contributed by atoms with Crippen molar-refractivity contribution in [2.45, 2.75) is 226 Å². The van der Waals surface area contributed by atoms with Crippen molar-refractivity contribution in [3.05, 3.63) is 150 Å². The third kappa shape index (κ3) is 9.57. The lowest BCUT2D eigenvalue weighted by Crippen LogP contribution is -2.40. The second-order valence-corrected chi connectivity index (χ2v) is 31.5. The number of carbonyl (C=O) groups excluding carboxylic acids is 3. The molecule has 10 aliphatic rings. The highest BCUT2D eigenvalue weighted by Crippen LogP contribution is 2.80. The number of hydrogen-bond donors (Lipinski definition) is 0. The molecule has 10 aliphatic carbocycles. The molecule has 9 nitrogen and oxygen atoms in total. The highest BCUT2D eigenvalue weighted by atomic mass is 16.6. The lowest BCUT2D eigenvalue weighted by Gasteiger charge is -2.37. The second-order valence-electron chi connectivity index (χ2n) is 31.5. The standard InChI is InChI=1S/C43H62O5.C43H32O4/c1-6-9-16-22-46-41-28-38-37(27-34(41)20-15-13-12-14-19-21-45-31-44)35-25-32(4)33(5)26-36(35)39-29-42(47-23-17-10-7-2)43(30-40(38)39)48-24-18-11-8-3;1-41(2,3)46-39(44)43(40(45)47-42(4,5)6)37-21-13-19-11-17-9-15-7-8-16-10-18-12-20-14-22(38(37)43)30-29(21)33-27(19)25(17)31-23(15)24(16)32-26(18)28(20)34(30)36(33)35(31)32/h25-31,37-38H,6-24H2,1-5H3;7-10,13-15,23,37-38H,11-12H2,1-6H3/t;15-,23+,37+,38-/m.0/s1. The predicted molar refractivity (Wildman–Crippen MR) is 382 cm³/mol. The van der Waals surface area contributed by atoms with Crippen LogP contribution in [0.3, 0.4) is 0 Å².